The molecule has 0 aliphatic carbocycles. The van der Waals surface area contributed by atoms with Crippen LogP contribution in [0.2, 0.25) is 23.2 Å². The lowest BCUT2D eigenvalue weighted by molar-refractivity contribution is -0.117. The highest BCUT2D eigenvalue weighted by molar-refractivity contribution is 6.74. The van der Waals surface area contributed by atoms with E-state index in [1.165, 1.54) is 18.2 Å². The number of carbonyl (C=O) groups is 1. The van der Waals surface area contributed by atoms with Gasteiger partial charge < -0.3 is 20.0 Å². The molecule has 0 atom stereocenters. The fraction of sp³-hybridized carbons (Fsp3) is 0.448. The van der Waals surface area contributed by atoms with Crippen molar-refractivity contribution in [1.29, 1.82) is 0 Å². The standard InChI is InChI=1S/C29H39ClFN7O2Si/c1-29(2,3)41(5,6)40-19-26-25(17-24(35-36-26)22-15-20(30)7-8-23(22)31)33-21-9-10-32-27(16-21)34-28(39)18-38-13-11-37(4)12-14-38/h7-10,15-17H,11-14,18-19H2,1-6H3,(H2,32,33,34,35,39). The highest BCUT2D eigenvalue weighted by Crippen LogP contribution is 2.38. The first-order valence-electron chi connectivity index (χ1n) is 13.7. The molecule has 1 aromatic carbocycles. The zero-order valence-electron chi connectivity index (χ0n) is 24.6. The van der Waals surface area contributed by atoms with Crippen molar-refractivity contribution in [2.75, 3.05) is 50.4 Å². The van der Waals surface area contributed by atoms with Crippen LogP contribution < -0.4 is 10.6 Å². The third-order valence-corrected chi connectivity index (χ3v) is 12.4. The largest absolute Gasteiger partial charge is 0.411 e. The number of rotatable bonds is 9. The molecule has 12 heteroatoms. The normalized spacial score (nSPS) is 15.1. The summed E-state index contributed by atoms with van der Waals surface area (Å²) >= 11 is 6.14. The van der Waals surface area contributed by atoms with E-state index in [1.54, 1.807) is 24.4 Å². The Hall–Kier alpha value is -2.96. The summed E-state index contributed by atoms with van der Waals surface area (Å²) in [4.78, 5) is 21.4. The molecule has 220 valence electrons. The fourth-order valence-corrected chi connectivity index (χ4v) is 5.15. The van der Waals surface area contributed by atoms with Gasteiger partial charge in [-0.2, -0.15) is 5.10 Å². The van der Waals surface area contributed by atoms with Crippen molar-refractivity contribution in [3.05, 3.63) is 59.1 Å². The van der Waals surface area contributed by atoms with Gasteiger partial charge in [-0.3, -0.25) is 9.69 Å². The van der Waals surface area contributed by atoms with Crippen molar-refractivity contribution in [3.8, 4) is 11.3 Å². The summed E-state index contributed by atoms with van der Waals surface area (Å²) in [5, 5.41) is 15.4. The molecule has 2 aromatic heterocycles. The summed E-state index contributed by atoms with van der Waals surface area (Å²) in [6, 6.07) is 9.59. The van der Waals surface area contributed by atoms with Gasteiger partial charge in [-0.25, -0.2) is 9.37 Å². The predicted molar refractivity (Wildman–Crippen MR) is 165 cm³/mol. The quantitative estimate of drug-likeness (QED) is 0.299. The fourth-order valence-electron chi connectivity index (χ4n) is 4.05. The third-order valence-electron chi connectivity index (χ3n) is 7.72. The molecule has 1 aliphatic rings. The second-order valence-electron chi connectivity index (χ2n) is 11.9. The molecule has 1 saturated heterocycles. The maximum atomic E-state index is 14.7. The lowest BCUT2D eigenvalue weighted by Crippen LogP contribution is -2.47. The Kier molecular flexibility index (Phi) is 9.76. The minimum Gasteiger partial charge on any atom is -0.411 e. The van der Waals surface area contributed by atoms with E-state index in [2.05, 4.69) is 76.5 Å². The number of nitrogens with zero attached hydrogens (tertiary/aromatic N) is 5. The van der Waals surface area contributed by atoms with Crippen LogP contribution in [0, 0.1) is 5.82 Å². The number of likely N-dealkylation sites (N-methyl/N-ethyl adjacent to an activating group) is 1. The SMILES string of the molecule is CN1CCN(CC(=O)Nc2cc(Nc3cc(-c4cc(Cl)ccc4F)nnc3CO[Si](C)(C)C(C)(C)C)ccn2)CC1. The number of hydrogen-bond acceptors (Lipinski definition) is 8. The van der Waals surface area contributed by atoms with Crippen molar-refractivity contribution in [3.63, 3.8) is 0 Å². The molecule has 0 unspecified atom stereocenters. The van der Waals surface area contributed by atoms with Crippen LogP contribution in [0.15, 0.2) is 42.6 Å². The minimum atomic E-state index is -2.08. The average Bonchev–Trinajstić information content (AvgIpc) is 2.90. The first kappa shape index (κ1) is 31.0. The number of aromatic nitrogens is 3. The smallest absolute Gasteiger partial charge is 0.239 e. The van der Waals surface area contributed by atoms with Crippen LogP contribution in [0.1, 0.15) is 26.5 Å². The monoisotopic (exact) mass is 599 g/mol. The van der Waals surface area contributed by atoms with Crippen molar-refractivity contribution in [2.24, 2.45) is 0 Å². The maximum absolute atomic E-state index is 14.7. The van der Waals surface area contributed by atoms with Gasteiger partial charge in [0.2, 0.25) is 5.91 Å². The second-order valence-corrected chi connectivity index (χ2v) is 17.2. The van der Waals surface area contributed by atoms with E-state index >= 15 is 0 Å². The molecule has 3 aromatic rings. The molecule has 0 radical (unpaired) electrons. The Morgan fingerprint density at radius 3 is 2.54 bits per heavy atom. The summed E-state index contributed by atoms with van der Waals surface area (Å²) < 4.78 is 21.1. The Morgan fingerprint density at radius 2 is 1.83 bits per heavy atom. The first-order chi connectivity index (χ1) is 19.3. The highest BCUT2D eigenvalue weighted by Gasteiger charge is 2.37. The summed E-state index contributed by atoms with van der Waals surface area (Å²) in [5.74, 6) is -0.141. The van der Waals surface area contributed by atoms with Crippen molar-refractivity contribution in [2.45, 2.75) is 45.5 Å². The molecular formula is C29H39ClFN7O2Si. The van der Waals surface area contributed by atoms with E-state index in [4.69, 9.17) is 16.0 Å². The Labute approximate surface area is 247 Å². The number of anilines is 3. The molecule has 1 fully saturated rings. The third kappa shape index (κ3) is 8.29. The number of carbonyl (C=O) groups excluding carboxylic acids is 1. The number of amides is 1. The molecule has 1 amide bonds. The van der Waals surface area contributed by atoms with Crippen molar-refractivity contribution < 1.29 is 13.6 Å². The topological polar surface area (TPSA) is 95.5 Å². The van der Waals surface area contributed by atoms with Crippen LogP contribution in [0.4, 0.5) is 21.6 Å². The second kappa shape index (κ2) is 12.9. The molecule has 0 saturated carbocycles. The van der Waals surface area contributed by atoms with E-state index in [9.17, 15) is 9.18 Å². The molecular weight excluding hydrogens is 561 g/mol. The Bertz CT molecular complexity index is 1380. The number of hydrogen-bond donors (Lipinski definition) is 2. The first-order valence-corrected chi connectivity index (χ1v) is 17.0. The van der Waals surface area contributed by atoms with Crippen LogP contribution in [-0.4, -0.2) is 79.0 Å². The number of benzene rings is 1. The maximum Gasteiger partial charge on any atom is 0.239 e. The van der Waals surface area contributed by atoms with Crippen LogP contribution in [-0.2, 0) is 15.8 Å². The van der Waals surface area contributed by atoms with Crippen LogP contribution in [0.25, 0.3) is 11.3 Å². The van der Waals surface area contributed by atoms with Gasteiger partial charge >= 0.3 is 0 Å². The van der Waals surface area contributed by atoms with Gasteiger partial charge in [-0.05, 0) is 55.5 Å². The van der Waals surface area contributed by atoms with Gasteiger partial charge in [0, 0.05) is 54.7 Å². The van der Waals surface area contributed by atoms with Gasteiger partial charge in [0.1, 0.15) is 17.3 Å². The van der Waals surface area contributed by atoms with E-state index < -0.39 is 14.1 Å². The Balaban J connectivity index is 1.56. The summed E-state index contributed by atoms with van der Waals surface area (Å²) in [6.45, 7) is 15.0. The summed E-state index contributed by atoms with van der Waals surface area (Å²) in [6.07, 6.45) is 1.62. The number of halogens is 2. The zero-order valence-corrected chi connectivity index (χ0v) is 26.3. The molecule has 2 N–H and O–H groups in total. The van der Waals surface area contributed by atoms with E-state index in [-0.39, 0.29) is 23.1 Å². The molecule has 1 aliphatic heterocycles. The van der Waals surface area contributed by atoms with Crippen LogP contribution in [0.3, 0.4) is 0 Å². The van der Waals surface area contributed by atoms with Crippen LogP contribution >= 0.6 is 11.6 Å². The molecule has 0 spiro atoms. The molecule has 3 heterocycles. The molecule has 0 bridgehead atoms. The number of nitrogens with one attached hydrogen (secondary N) is 2. The van der Waals surface area contributed by atoms with Crippen molar-refractivity contribution in [1.82, 2.24) is 25.0 Å². The molecule has 41 heavy (non-hydrogen) atoms. The lowest BCUT2D eigenvalue weighted by atomic mass is 10.1. The summed E-state index contributed by atoms with van der Waals surface area (Å²) in [5.41, 5.74) is 2.44. The van der Waals surface area contributed by atoms with Gasteiger partial charge in [0.25, 0.3) is 0 Å². The predicted octanol–water partition coefficient (Wildman–Crippen LogP) is 5.78. The minimum absolute atomic E-state index is 0.0141. The number of pyridine rings is 1. The zero-order chi connectivity index (χ0) is 29.8. The molecule has 9 nitrogen and oxygen atoms in total. The van der Waals surface area contributed by atoms with E-state index in [0.29, 0.717) is 40.1 Å². The van der Waals surface area contributed by atoms with E-state index in [1.807, 2.05) is 0 Å². The summed E-state index contributed by atoms with van der Waals surface area (Å²) in [7, 11) is -0.00279. The van der Waals surface area contributed by atoms with Gasteiger partial charge in [-0.1, -0.05) is 32.4 Å². The average molecular weight is 600 g/mol. The van der Waals surface area contributed by atoms with Gasteiger partial charge in [0.05, 0.1) is 24.5 Å². The van der Waals surface area contributed by atoms with Crippen molar-refractivity contribution >= 4 is 43.0 Å². The molecule has 4 rings (SSSR count). The van der Waals surface area contributed by atoms with Gasteiger partial charge in [-0.15, -0.1) is 5.10 Å². The van der Waals surface area contributed by atoms with E-state index in [0.717, 1.165) is 26.2 Å². The van der Waals surface area contributed by atoms with Crippen LogP contribution in [0.5, 0.6) is 0 Å². The van der Waals surface area contributed by atoms with Gasteiger partial charge in [0.15, 0.2) is 8.32 Å². The number of piperazine rings is 1. The Morgan fingerprint density at radius 1 is 1.10 bits per heavy atom. The highest BCUT2D eigenvalue weighted by atomic mass is 35.5. The lowest BCUT2D eigenvalue weighted by Gasteiger charge is -2.36.